The van der Waals surface area contributed by atoms with E-state index in [-0.39, 0.29) is 5.91 Å². The Labute approximate surface area is 153 Å². The number of aromatic nitrogens is 2. The molecule has 4 heteroatoms. The summed E-state index contributed by atoms with van der Waals surface area (Å²) in [4.78, 5) is 14.7. The molecule has 1 aliphatic carbocycles. The molecular formula is C22H21N3O. The Kier molecular flexibility index (Phi) is 4.65. The van der Waals surface area contributed by atoms with Crippen molar-refractivity contribution >= 4 is 12.0 Å². The van der Waals surface area contributed by atoms with Gasteiger partial charge in [-0.1, -0.05) is 48.5 Å². The van der Waals surface area contributed by atoms with Crippen LogP contribution in [0.3, 0.4) is 0 Å². The normalized spacial score (nSPS) is 13.8. The number of hydrogen-bond donors (Lipinski definition) is 0. The summed E-state index contributed by atoms with van der Waals surface area (Å²) in [5.41, 5.74) is 3.08. The number of nitrogens with zero attached hydrogens (tertiary/aromatic N) is 3. The zero-order valence-corrected chi connectivity index (χ0v) is 14.5. The van der Waals surface area contributed by atoms with Gasteiger partial charge in [-0.2, -0.15) is 5.10 Å². The molecule has 4 rings (SSSR count). The van der Waals surface area contributed by atoms with Crippen LogP contribution < -0.4 is 0 Å². The lowest BCUT2D eigenvalue weighted by atomic mass is 10.2. The van der Waals surface area contributed by atoms with Gasteiger partial charge < -0.3 is 4.90 Å². The van der Waals surface area contributed by atoms with E-state index in [1.165, 1.54) is 0 Å². The van der Waals surface area contributed by atoms with Gasteiger partial charge in [-0.15, -0.1) is 0 Å². The highest BCUT2D eigenvalue weighted by Crippen LogP contribution is 2.28. The van der Waals surface area contributed by atoms with Gasteiger partial charge in [-0.25, -0.2) is 4.68 Å². The van der Waals surface area contributed by atoms with Gasteiger partial charge in [-0.05, 0) is 36.6 Å². The molecule has 2 aromatic carbocycles. The highest BCUT2D eigenvalue weighted by atomic mass is 16.2. The van der Waals surface area contributed by atoms with Gasteiger partial charge in [0.1, 0.15) is 0 Å². The molecule has 1 amide bonds. The van der Waals surface area contributed by atoms with Gasteiger partial charge in [0.25, 0.3) is 0 Å². The Bertz CT molecular complexity index is 895. The summed E-state index contributed by atoms with van der Waals surface area (Å²) in [5, 5.41) is 4.36. The largest absolute Gasteiger partial charge is 0.332 e. The minimum absolute atomic E-state index is 0.0591. The molecule has 0 aliphatic heterocycles. The van der Waals surface area contributed by atoms with Gasteiger partial charge in [0.05, 0.1) is 11.9 Å². The molecule has 26 heavy (non-hydrogen) atoms. The maximum Gasteiger partial charge on any atom is 0.247 e. The van der Waals surface area contributed by atoms with Crippen LogP contribution in [0.1, 0.15) is 24.0 Å². The number of benzene rings is 2. The molecule has 1 aliphatic rings. The average Bonchev–Trinajstić information content (AvgIpc) is 3.42. The third kappa shape index (κ3) is 3.91. The first-order chi connectivity index (χ1) is 12.8. The average molecular weight is 343 g/mol. The van der Waals surface area contributed by atoms with E-state index in [9.17, 15) is 4.79 Å². The van der Waals surface area contributed by atoms with Crippen LogP contribution in [0.2, 0.25) is 0 Å². The summed E-state index contributed by atoms with van der Waals surface area (Å²) in [5.74, 6) is 0.0591. The second kappa shape index (κ2) is 7.40. The van der Waals surface area contributed by atoms with Crippen LogP contribution in [-0.2, 0) is 11.3 Å². The van der Waals surface area contributed by atoms with E-state index in [2.05, 4.69) is 17.2 Å². The second-order valence-electron chi connectivity index (χ2n) is 6.57. The number of carbonyl (C=O) groups is 1. The Hall–Kier alpha value is -3.14. The van der Waals surface area contributed by atoms with Crippen molar-refractivity contribution in [1.29, 1.82) is 0 Å². The SMILES string of the molecule is O=C(/C=C/c1cnn(-c2ccccc2)c1)N(Cc1ccccc1)C1CC1. The van der Waals surface area contributed by atoms with Crippen molar-refractivity contribution in [3.05, 3.63) is 90.3 Å². The molecule has 1 heterocycles. The van der Waals surface area contributed by atoms with Gasteiger partial charge in [-0.3, -0.25) is 4.79 Å². The molecule has 0 N–H and O–H groups in total. The molecule has 4 nitrogen and oxygen atoms in total. The zero-order valence-electron chi connectivity index (χ0n) is 14.5. The standard InChI is InChI=1S/C22H21N3O/c26-22(24(20-12-13-20)16-18-7-3-1-4-8-18)14-11-19-15-23-25(17-19)21-9-5-2-6-10-21/h1-11,14-15,17,20H,12-13,16H2/b14-11+. The fraction of sp³-hybridized carbons (Fsp3) is 0.182. The molecule has 1 aromatic heterocycles. The molecule has 0 saturated heterocycles. The van der Waals surface area contributed by atoms with Crippen molar-refractivity contribution in [3.8, 4) is 5.69 Å². The predicted molar refractivity (Wildman–Crippen MR) is 103 cm³/mol. The maximum atomic E-state index is 12.7. The van der Waals surface area contributed by atoms with Crippen LogP contribution >= 0.6 is 0 Å². The smallest absolute Gasteiger partial charge is 0.247 e. The van der Waals surface area contributed by atoms with E-state index in [0.29, 0.717) is 12.6 Å². The van der Waals surface area contributed by atoms with Crippen LogP contribution in [0.25, 0.3) is 11.8 Å². The molecule has 0 radical (unpaired) electrons. The van der Waals surface area contributed by atoms with Crippen molar-refractivity contribution < 1.29 is 4.79 Å². The Balaban J connectivity index is 1.45. The molecule has 0 atom stereocenters. The number of rotatable bonds is 6. The molecule has 130 valence electrons. The Morgan fingerprint density at radius 1 is 1.08 bits per heavy atom. The molecule has 0 bridgehead atoms. The lowest BCUT2D eigenvalue weighted by molar-refractivity contribution is -0.127. The first-order valence-electron chi connectivity index (χ1n) is 8.92. The van der Waals surface area contributed by atoms with E-state index < -0.39 is 0 Å². The lowest BCUT2D eigenvalue weighted by Crippen LogP contribution is -2.31. The van der Waals surface area contributed by atoms with Crippen molar-refractivity contribution in [2.24, 2.45) is 0 Å². The second-order valence-corrected chi connectivity index (χ2v) is 6.57. The Morgan fingerprint density at radius 3 is 2.46 bits per heavy atom. The number of carbonyl (C=O) groups excluding carboxylic acids is 1. The number of amides is 1. The van der Waals surface area contributed by atoms with Gasteiger partial charge >= 0.3 is 0 Å². The summed E-state index contributed by atoms with van der Waals surface area (Å²) >= 11 is 0. The summed E-state index contributed by atoms with van der Waals surface area (Å²) < 4.78 is 1.81. The van der Waals surface area contributed by atoms with Crippen LogP contribution in [0, 0.1) is 0 Å². The van der Waals surface area contributed by atoms with Crippen molar-refractivity contribution in [1.82, 2.24) is 14.7 Å². The van der Waals surface area contributed by atoms with Gasteiger partial charge in [0.15, 0.2) is 0 Å². The maximum absolute atomic E-state index is 12.7. The third-order valence-electron chi connectivity index (χ3n) is 4.51. The first kappa shape index (κ1) is 16.3. The topological polar surface area (TPSA) is 38.1 Å². The minimum atomic E-state index is 0.0591. The van der Waals surface area contributed by atoms with Crippen LogP contribution in [0.15, 0.2) is 79.1 Å². The van der Waals surface area contributed by atoms with Crippen LogP contribution in [-0.4, -0.2) is 26.6 Å². The summed E-state index contributed by atoms with van der Waals surface area (Å²) in [6, 6.07) is 20.5. The molecular weight excluding hydrogens is 322 g/mol. The van der Waals surface area contributed by atoms with Crippen LogP contribution in [0.5, 0.6) is 0 Å². The highest BCUT2D eigenvalue weighted by molar-refractivity contribution is 5.92. The number of hydrogen-bond acceptors (Lipinski definition) is 2. The van der Waals surface area contributed by atoms with E-state index in [4.69, 9.17) is 0 Å². The highest BCUT2D eigenvalue weighted by Gasteiger charge is 2.31. The minimum Gasteiger partial charge on any atom is -0.332 e. The van der Waals surface area contributed by atoms with E-state index in [0.717, 1.165) is 29.7 Å². The first-order valence-corrected chi connectivity index (χ1v) is 8.92. The van der Waals surface area contributed by atoms with Crippen molar-refractivity contribution in [2.75, 3.05) is 0 Å². The number of para-hydroxylation sites is 1. The van der Waals surface area contributed by atoms with Crippen molar-refractivity contribution in [3.63, 3.8) is 0 Å². The van der Waals surface area contributed by atoms with Gasteiger partial charge in [0.2, 0.25) is 5.91 Å². The van der Waals surface area contributed by atoms with Gasteiger partial charge in [0, 0.05) is 30.4 Å². The summed E-state index contributed by atoms with van der Waals surface area (Å²) in [6.07, 6.45) is 9.40. The molecule has 1 saturated carbocycles. The monoisotopic (exact) mass is 343 g/mol. The van der Waals surface area contributed by atoms with Crippen molar-refractivity contribution in [2.45, 2.75) is 25.4 Å². The van der Waals surface area contributed by atoms with E-state index in [1.807, 2.05) is 70.4 Å². The molecule has 0 spiro atoms. The predicted octanol–water partition coefficient (Wildman–Crippen LogP) is 4.08. The summed E-state index contributed by atoms with van der Waals surface area (Å²) in [6.45, 7) is 0.665. The molecule has 0 unspecified atom stereocenters. The third-order valence-corrected chi connectivity index (χ3v) is 4.51. The summed E-state index contributed by atoms with van der Waals surface area (Å²) in [7, 11) is 0. The van der Waals surface area contributed by atoms with E-state index >= 15 is 0 Å². The van der Waals surface area contributed by atoms with Crippen LogP contribution in [0.4, 0.5) is 0 Å². The zero-order chi connectivity index (χ0) is 17.8. The van der Waals surface area contributed by atoms with E-state index in [1.54, 1.807) is 12.3 Å². The quantitative estimate of drug-likeness (QED) is 0.633. The molecule has 1 fully saturated rings. The fourth-order valence-corrected chi connectivity index (χ4v) is 2.96. The molecule has 3 aromatic rings. The lowest BCUT2D eigenvalue weighted by Gasteiger charge is -2.20. The fourth-order valence-electron chi connectivity index (χ4n) is 2.96. The Morgan fingerprint density at radius 2 is 1.77 bits per heavy atom.